The molecule has 216 valence electrons. The summed E-state index contributed by atoms with van der Waals surface area (Å²) in [6.45, 7) is 14.6. The van der Waals surface area contributed by atoms with Gasteiger partial charge in [0.25, 0.3) is 0 Å². The van der Waals surface area contributed by atoms with Gasteiger partial charge in [-0.25, -0.2) is 18.7 Å². The molecular weight excluding hydrogens is 559 g/mol. The average molecular weight is 602 g/mol. The Bertz CT molecular complexity index is 1380. The van der Waals surface area contributed by atoms with Crippen molar-refractivity contribution >= 4 is 22.7 Å². The van der Waals surface area contributed by atoms with Crippen molar-refractivity contribution in [2.75, 3.05) is 26.2 Å². The predicted molar refractivity (Wildman–Crippen MR) is 165 cm³/mol. The van der Waals surface area contributed by atoms with Gasteiger partial charge in [0.2, 0.25) is 7.51 Å². The van der Waals surface area contributed by atoms with Crippen LogP contribution in [-0.2, 0) is 13.1 Å². The Morgan fingerprint density at radius 1 is 0.600 bits per heavy atom. The van der Waals surface area contributed by atoms with Crippen LogP contribution in [0.2, 0.25) is 0 Å². The maximum atomic E-state index is 7.19. The third kappa shape index (κ3) is 4.40. The van der Waals surface area contributed by atoms with Gasteiger partial charge in [-0.2, -0.15) is 9.03 Å². The molecule has 9 nitrogen and oxygen atoms in total. The van der Waals surface area contributed by atoms with Crippen LogP contribution in [0.3, 0.4) is 0 Å². The minimum Gasteiger partial charge on any atom is -0.430 e. The Kier molecular flexibility index (Phi) is 7.11. The van der Waals surface area contributed by atoms with Crippen LogP contribution in [0.5, 0.6) is 11.5 Å². The highest BCUT2D eigenvalue weighted by Crippen LogP contribution is 2.84. The van der Waals surface area contributed by atoms with E-state index >= 15 is 0 Å². The van der Waals surface area contributed by atoms with Gasteiger partial charge in [0.05, 0.1) is 0 Å². The fraction of sp³-hybridized carbons (Fsp3) is 0.571. The summed E-state index contributed by atoms with van der Waals surface area (Å²) in [6, 6.07) is 17.3. The maximum Gasteiger partial charge on any atom is 0.336 e. The highest BCUT2D eigenvalue weighted by atomic mass is 31.3. The van der Waals surface area contributed by atoms with Crippen molar-refractivity contribution in [1.29, 1.82) is 0 Å². The van der Waals surface area contributed by atoms with Crippen molar-refractivity contribution in [2.24, 2.45) is 13.5 Å². The molecule has 2 aromatic rings. The molecular formula is C28H42N7O2P3. The minimum atomic E-state index is -2.89. The normalized spacial score (nSPS) is 30.4. The van der Waals surface area contributed by atoms with E-state index in [2.05, 4.69) is 94.9 Å². The van der Waals surface area contributed by atoms with Crippen LogP contribution in [0.1, 0.15) is 64.5 Å². The molecule has 12 heteroatoms. The smallest absolute Gasteiger partial charge is 0.336 e. The largest absolute Gasteiger partial charge is 0.430 e. The van der Waals surface area contributed by atoms with E-state index in [9.17, 15) is 0 Å². The van der Waals surface area contributed by atoms with Gasteiger partial charge in [0.15, 0.2) is 0 Å². The van der Waals surface area contributed by atoms with Gasteiger partial charge in [-0.05, 0) is 65.5 Å². The van der Waals surface area contributed by atoms with Crippen molar-refractivity contribution in [3.63, 3.8) is 0 Å². The second-order valence-corrected chi connectivity index (χ2v) is 19.7. The zero-order chi connectivity index (χ0) is 27.5. The van der Waals surface area contributed by atoms with Gasteiger partial charge in [-0.15, -0.1) is 4.52 Å². The summed E-state index contributed by atoms with van der Waals surface area (Å²) in [6.07, 6.45) is 4.74. The molecule has 0 bridgehead atoms. The third-order valence-corrected chi connectivity index (χ3v) is 19.9. The predicted octanol–water partition coefficient (Wildman–Crippen LogP) is 8.64. The average Bonchev–Trinajstić information content (AvgIpc) is 3.67. The summed E-state index contributed by atoms with van der Waals surface area (Å²) in [5.74, 6) is 1.82. The number of nitrogens with zero attached hydrogens (tertiary/aromatic N) is 7. The number of hydrogen-bond donors (Lipinski definition) is 0. The number of fused-ring (bicyclic) bond motifs is 2. The van der Waals surface area contributed by atoms with E-state index in [1.807, 2.05) is 0 Å². The van der Waals surface area contributed by atoms with Crippen LogP contribution < -0.4 is 9.05 Å². The van der Waals surface area contributed by atoms with Crippen LogP contribution in [0.25, 0.3) is 0 Å². The molecule has 2 saturated heterocycles. The first-order valence-corrected chi connectivity index (χ1v) is 19.6. The molecule has 0 aromatic heterocycles. The molecule has 7 rings (SSSR count). The highest BCUT2D eigenvalue weighted by Gasteiger charge is 2.54. The van der Waals surface area contributed by atoms with Crippen LogP contribution in [-0.4, -0.2) is 56.9 Å². The lowest BCUT2D eigenvalue weighted by atomic mass is 10.2. The number of hydrogen-bond acceptors (Lipinski definition) is 9. The molecule has 2 fully saturated rings. The Labute approximate surface area is 239 Å². The summed E-state index contributed by atoms with van der Waals surface area (Å²) < 4.78 is 42.2. The standard InChI is InChI=1S/C28H42N7O2P3/c1-23(2)34-21-25-13-5-7-15-27(25)36-39(34)29-38(32-17-9-10-18-32,33-19-11-12-20-33)30-40(31-39)35(24(3)4)22-26-14-6-8-16-28(26)37-40/h5-8,13-16,23-24H,9-12,17-22H2,1-4H3. The molecule has 0 N–H and O–H groups in total. The number of rotatable bonds is 4. The quantitative estimate of drug-likeness (QED) is 0.327. The monoisotopic (exact) mass is 601 g/mol. The molecule has 0 amide bonds. The lowest BCUT2D eigenvalue weighted by Gasteiger charge is -2.50. The van der Waals surface area contributed by atoms with Gasteiger partial charge in [0, 0.05) is 62.5 Å². The molecule has 2 unspecified atom stereocenters. The lowest BCUT2D eigenvalue weighted by Crippen LogP contribution is -2.37. The zero-order valence-electron chi connectivity index (χ0n) is 24.1. The molecule has 2 aromatic carbocycles. The summed E-state index contributed by atoms with van der Waals surface area (Å²) >= 11 is 0. The maximum absolute atomic E-state index is 7.19. The highest BCUT2D eigenvalue weighted by molar-refractivity contribution is 7.81. The van der Waals surface area contributed by atoms with Crippen LogP contribution >= 0.6 is 22.7 Å². The summed E-state index contributed by atoms with van der Waals surface area (Å²) in [4.78, 5) is 0. The SMILES string of the molecule is CC(C)N1Cc2ccccc2OP12=NP1(=NP(N3CCCC3)(N3CCCC3)=N2)Oc2ccccc2CN1C(C)C. The minimum absolute atomic E-state index is 0.205. The first-order valence-electron chi connectivity index (χ1n) is 14.9. The molecule has 0 saturated carbocycles. The van der Waals surface area contributed by atoms with Gasteiger partial charge in [0.1, 0.15) is 11.5 Å². The van der Waals surface area contributed by atoms with E-state index in [-0.39, 0.29) is 12.1 Å². The zero-order valence-corrected chi connectivity index (χ0v) is 26.8. The van der Waals surface area contributed by atoms with E-state index < -0.39 is 22.7 Å². The molecule has 40 heavy (non-hydrogen) atoms. The van der Waals surface area contributed by atoms with Crippen LogP contribution in [0, 0.1) is 0 Å². The van der Waals surface area contributed by atoms with Crippen molar-refractivity contribution in [1.82, 2.24) is 18.7 Å². The van der Waals surface area contributed by atoms with Crippen molar-refractivity contribution in [3.05, 3.63) is 59.7 Å². The van der Waals surface area contributed by atoms with Crippen LogP contribution in [0.15, 0.2) is 62.1 Å². The molecule has 0 aliphatic carbocycles. The van der Waals surface area contributed by atoms with Crippen molar-refractivity contribution in [3.8, 4) is 11.5 Å². The van der Waals surface area contributed by atoms with Crippen molar-refractivity contribution in [2.45, 2.75) is 78.6 Å². The topological polar surface area (TPSA) is 68.5 Å². The fourth-order valence-electron chi connectivity index (χ4n) is 6.46. The van der Waals surface area contributed by atoms with Gasteiger partial charge in [-0.3, -0.25) is 0 Å². The second-order valence-electron chi connectivity index (χ2n) is 11.9. The summed E-state index contributed by atoms with van der Waals surface area (Å²) in [5, 5.41) is 0. The van der Waals surface area contributed by atoms with Crippen LogP contribution in [0.4, 0.5) is 0 Å². The van der Waals surface area contributed by atoms with E-state index in [1.165, 1.54) is 36.8 Å². The first-order chi connectivity index (χ1) is 19.3. The Balaban J connectivity index is 1.57. The summed E-state index contributed by atoms with van der Waals surface area (Å²) in [7, 11) is -8.33. The first kappa shape index (κ1) is 27.4. The Morgan fingerprint density at radius 2 is 1.02 bits per heavy atom. The molecule has 5 aliphatic heterocycles. The van der Waals surface area contributed by atoms with E-state index in [1.54, 1.807) is 0 Å². The lowest BCUT2D eigenvalue weighted by molar-refractivity contribution is 0.305. The van der Waals surface area contributed by atoms with Gasteiger partial charge in [-0.1, -0.05) is 36.4 Å². The summed E-state index contributed by atoms with van der Waals surface area (Å²) in [5.41, 5.74) is 2.40. The van der Waals surface area contributed by atoms with Gasteiger partial charge >= 0.3 is 15.2 Å². The number of benzene rings is 2. The van der Waals surface area contributed by atoms with Gasteiger partial charge < -0.3 is 9.05 Å². The Hall–Kier alpha value is -1.43. The van der Waals surface area contributed by atoms with E-state index in [0.717, 1.165) is 50.8 Å². The molecule has 2 atom stereocenters. The second kappa shape index (κ2) is 10.4. The third-order valence-electron chi connectivity index (χ3n) is 8.54. The Morgan fingerprint density at radius 3 is 1.48 bits per heavy atom. The molecule has 0 radical (unpaired) electrons. The van der Waals surface area contributed by atoms with E-state index in [4.69, 9.17) is 22.6 Å². The molecule has 5 aliphatic rings. The number of para-hydroxylation sites is 2. The van der Waals surface area contributed by atoms with Crippen molar-refractivity contribution < 1.29 is 9.05 Å². The molecule has 5 heterocycles. The molecule has 2 spiro atoms. The van der Waals surface area contributed by atoms with E-state index in [0.29, 0.717) is 0 Å². The fourth-order valence-corrected chi connectivity index (χ4v) is 20.6.